The maximum Gasteiger partial charge on any atom is 0.236 e. The third-order valence-corrected chi connectivity index (χ3v) is 5.37. The summed E-state index contributed by atoms with van der Waals surface area (Å²) in [6.45, 7) is 4.02. The van der Waals surface area contributed by atoms with Gasteiger partial charge in [0.2, 0.25) is 5.91 Å². The topological polar surface area (TPSA) is 48.5 Å². The van der Waals surface area contributed by atoms with Gasteiger partial charge in [0.25, 0.3) is 0 Å². The van der Waals surface area contributed by atoms with E-state index in [0.29, 0.717) is 5.69 Å². The molecule has 1 N–H and O–H groups in total. The molecule has 2 aromatic carbocycles. The van der Waals surface area contributed by atoms with E-state index in [9.17, 15) is 4.79 Å². The van der Waals surface area contributed by atoms with Crippen LogP contribution in [0.25, 0.3) is 0 Å². The number of piperazine rings is 1. The number of likely N-dealkylation sites (N-methyl/N-ethyl adjacent to an activating group) is 1. The molecular formula is C24H26N4O. The molecule has 0 atom stereocenters. The van der Waals surface area contributed by atoms with Gasteiger partial charge < -0.3 is 15.1 Å². The fraction of sp³-hybridized carbons (Fsp3) is 0.250. The Morgan fingerprint density at radius 3 is 1.97 bits per heavy atom. The fourth-order valence-electron chi connectivity index (χ4n) is 3.68. The Bertz CT molecular complexity index is 881. The summed E-state index contributed by atoms with van der Waals surface area (Å²) in [5.41, 5.74) is 2.65. The molecule has 5 heteroatoms. The molecule has 0 radical (unpaired) electrons. The van der Waals surface area contributed by atoms with Crippen LogP contribution in [0.2, 0.25) is 0 Å². The molecule has 1 aliphatic heterocycles. The molecule has 148 valence electrons. The number of nitrogens with zero attached hydrogens (tertiary/aromatic N) is 3. The highest BCUT2D eigenvalue weighted by molar-refractivity contribution is 5.98. The lowest BCUT2D eigenvalue weighted by atomic mass is 9.90. The van der Waals surface area contributed by atoms with Gasteiger partial charge in [-0.3, -0.25) is 4.79 Å². The standard InChI is InChI=1S/C24H26N4O/c1-27-14-16-28(17-15-27)22-13-12-21(18-25-22)26-24(29)23(19-8-4-2-5-9-19)20-10-6-3-7-11-20/h2-13,18,23H,14-17H2,1H3,(H,26,29). The normalized spacial score (nSPS) is 14.8. The van der Waals surface area contributed by atoms with Gasteiger partial charge in [0, 0.05) is 26.2 Å². The number of hydrogen-bond acceptors (Lipinski definition) is 4. The molecule has 5 nitrogen and oxygen atoms in total. The molecule has 3 aromatic rings. The van der Waals surface area contributed by atoms with Crippen molar-refractivity contribution < 1.29 is 4.79 Å². The molecule has 1 aromatic heterocycles. The number of pyridine rings is 1. The molecule has 0 bridgehead atoms. The Morgan fingerprint density at radius 1 is 0.862 bits per heavy atom. The molecule has 4 rings (SSSR count). The smallest absolute Gasteiger partial charge is 0.236 e. The number of benzene rings is 2. The molecule has 0 unspecified atom stereocenters. The van der Waals surface area contributed by atoms with Crippen molar-refractivity contribution in [2.45, 2.75) is 5.92 Å². The maximum absolute atomic E-state index is 13.2. The molecule has 29 heavy (non-hydrogen) atoms. The zero-order valence-electron chi connectivity index (χ0n) is 16.7. The van der Waals surface area contributed by atoms with Crippen molar-refractivity contribution in [2.24, 2.45) is 0 Å². The van der Waals surface area contributed by atoms with Crippen LogP contribution in [0, 0.1) is 0 Å². The van der Waals surface area contributed by atoms with E-state index in [1.165, 1.54) is 0 Å². The number of hydrogen-bond donors (Lipinski definition) is 1. The summed E-state index contributed by atoms with van der Waals surface area (Å²) in [7, 11) is 2.14. The summed E-state index contributed by atoms with van der Waals surface area (Å²) < 4.78 is 0. The average molecular weight is 386 g/mol. The predicted molar refractivity (Wildman–Crippen MR) is 117 cm³/mol. The molecule has 1 amide bonds. The van der Waals surface area contributed by atoms with E-state index >= 15 is 0 Å². The minimum atomic E-state index is -0.366. The third kappa shape index (κ3) is 4.63. The number of anilines is 2. The van der Waals surface area contributed by atoms with Gasteiger partial charge in [0.15, 0.2) is 0 Å². The van der Waals surface area contributed by atoms with Gasteiger partial charge in [-0.15, -0.1) is 0 Å². The summed E-state index contributed by atoms with van der Waals surface area (Å²) in [5.74, 6) is 0.532. The molecule has 0 saturated carbocycles. The molecule has 1 fully saturated rings. The van der Waals surface area contributed by atoms with Crippen LogP contribution in [-0.4, -0.2) is 49.0 Å². The molecule has 1 saturated heterocycles. The highest BCUT2D eigenvalue weighted by Crippen LogP contribution is 2.26. The summed E-state index contributed by atoms with van der Waals surface area (Å²) >= 11 is 0. The van der Waals surface area contributed by atoms with Crippen LogP contribution in [0.1, 0.15) is 17.0 Å². The van der Waals surface area contributed by atoms with Crippen molar-refractivity contribution >= 4 is 17.4 Å². The van der Waals surface area contributed by atoms with Gasteiger partial charge in [-0.2, -0.15) is 0 Å². The van der Waals surface area contributed by atoms with Crippen molar-refractivity contribution in [3.63, 3.8) is 0 Å². The van der Waals surface area contributed by atoms with Crippen molar-refractivity contribution in [1.82, 2.24) is 9.88 Å². The van der Waals surface area contributed by atoms with Crippen LogP contribution < -0.4 is 10.2 Å². The van der Waals surface area contributed by atoms with Crippen molar-refractivity contribution in [1.29, 1.82) is 0 Å². The zero-order valence-corrected chi connectivity index (χ0v) is 16.7. The number of carbonyl (C=O) groups is 1. The third-order valence-electron chi connectivity index (χ3n) is 5.37. The average Bonchev–Trinajstić information content (AvgIpc) is 2.77. The Morgan fingerprint density at radius 2 is 1.45 bits per heavy atom. The number of nitrogens with one attached hydrogen (secondary N) is 1. The Kier molecular flexibility index (Phi) is 5.86. The van der Waals surface area contributed by atoms with E-state index in [2.05, 4.69) is 27.1 Å². The molecule has 0 aliphatic carbocycles. The molecular weight excluding hydrogens is 360 g/mol. The first-order valence-electron chi connectivity index (χ1n) is 10.0. The lowest BCUT2D eigenvalue weighted by Crippen LogP contribution is -2.44. The summed E-state index contributed by atoms with van der Waals surface area (Å²) in [6, 6.07) is 23.7. The van der Waals surface area contributed by atoms with Crippen LogP contribution >= 0.6 is 0 Å². The molecule has 1 aliphatic rings. The Labute approximate surface area is 172 Å². The summed E-state index contributed by atoms with van der Waals surface area (Å²) in [5, 5.41) is 3.05. The zero-order chi connectivity index (χ0) is 20.1. The van der Waals surface area contributed by atoms with E-state index in [4.69, 9.17) is 0 Å². The van der Waals surface area contributed by atoms with Crippen LogP contribution in [0.3, 0.4) is 0 Å². The van der Waals surface area contributed by atoms with Gasteiger partial charge in [-0.1, -0.05) is 60.7 Å². The van der Waals surface area contributed by atoms with Crippen LogP contribution in [-0.2, 0) is 4.79 Å². The Hall–Kier alpha value is -3.18. The van der Waals surface area contributed by atoms with E-state index in [1.54, 1.807) is 6.20 Å². The van der Waals surface area contributed by atoms with Crippen LogP contribution in [0.15, 0.2) is 79.0 Å². The van der Waals surface area contributed by atoms with E-state index in [1.807, 2.05) is 72.8 Å². The van der Waals surface area contributed by atoms with E-state index in [0.717, 1.165) is 43.1 Å². The first kappa shape index (κ1) is 19.2. The molecule has 0 spiro atoms. The minimum Gasteiger partial charge on any atom is -0.354 e. The Balaban J connectivity index is 1.50. The number of aromatic nitrogens is 1. The van der Waals surface area contributed by atoms with Crippen molar-refractivity contribution in [3.05, 3.63) is 90.1 Å². The van der Waals surface area contributed by atoms with Crippen molar-refractivity contribution in [3.8, 4) is 0 Å². The first-order valence-corrected chi connectivity index (χ1v) is 10.0. The van der Waals surface area contributed by atoms with E-state index in [-0.39, 0.29) is 11.8 Å². The van der Waals surface area contributed by atoms with Crippen molar-refractivity contribution in [2.75, 3.05) is 43.4 Å². The number of rotatable bonds is 5. The van der Waals surface area contributed by atoms with Gasteiger partial charge in [0.1, 0.15) is 5.82 Å². The van der Waals surface area contributed by atoms with Gasteiger partial charge in [-0.25, -0.2) is 4.98 Å². The van der Waals surface area contributed by atoms with Gasteiger partial charge >= 0.3 is 0 Å². The first-order chi connectivity index (χ1) is 14.2. The highest BCUT2D eigenvalue weighted by Gasteiger charge is 2.23. The lowest BCUT2D eigenvalue weighted by Gasteiger charge is -2.33. The minimum absolute atomic E-state index is 0.0588. The second kappa shape index (κ2) is 8.88. The SMILES string of the molecule is CN1CCN(c2ccc(NC(=O)C(c3ccccc3)c3ccccc3)cn2)CC1. The van der Waals surface area contributed by atoms with Gasteiger partial charge in [-0.05, 0) is 30.3 Å². The highest BCUT2D eigenvalue weighted by atomic mass is 16.1. The molecule has 2 heterocycles. The van der Waals surface area contributed by atoms with Crippen LogP contribution in [0.4, 0.5) is 11.5 Å². The van der Waals surface area contributed by atoms with Gasteiger partial charge in [0.05, 0.1) is 17.8 Å². The summed E-state index contributed by atoms with van der Waals surface area (Å²) in [6.07, 6.45) is 1.75. The quantitative estimate of drug-likeness (QED) is 0.728. The van der Waals surface area contributed by atoms with E-state index < -0.39 is 0 Å². The largest absolute Gasteiger partial charge is 0.354 e. The second-order valence-electron chi connectivity index (χ2n) is 7.44. The second-order valence-corrected chi connectivity index (χ2v) is 7.44. The monoisotopic (exact) mass is 386 g/mol. The predicted octanol–water partition coefficient (Wildman–Crippen LogP) is 3.60. The maximum atomic E-state index is 13.2. The number of amides is 1. The summed E-state index contributed by atoms with van der Waals surface area (Å²) in [4.78, 5) is 22.4. The van der Waals surface area contributed by atoms with Crippen LogP contribution in [0.5, 0.6) is 0 Å². The lowest BCUT2D eigenvalue weighted by molar-refractivity contribution is -0.116. The fourth-order valence-corrected chi connectivity index (χ4v) is 3.68. The number of carbonyl (C=O) groups excluding carboxylic acids is 1.